The topological polar surface area (TPSA) is 36.9 Å². The Morgan fingerprint density at radius 2 is 0.809 bits per heavy atom. The number of hydrogen-bond acceptors (Lipinski definition) is 4. The van der Waals surface area contributed by atoms with Crippen LogP contribution in [0.3, 0.4) is 0 Å². The third kappa shape index (κ3) is 12.3. The van der Waals surface area contributed by atoms with Crippen LogP contribution in [0.1, 0.15) is 90.9 Å². The molecule has 0 heterocycles. The molecule has 0 aliphatic rings. The van der Waals surface area contributed by atoms with Gasteiger partial charge in [-0.1, -0.05) is 114 Å². The van der Waals surface area contributed by atoms with Crippen LogP contribution in [0.15, 0.2) is 84.9 Å². The minimum atomic E-state index is -0.358. The van der Waals surface area contributed by atoms with Crippen LogP contribution < -0.4 is 18.8 Å². The van der Waals surface area contributed by atoms with E-state index in [-0.39, 0.29) is 19.3 Å². The first-order valence-electron chi connectivity index (χ1n) is 17.4. The molecule has 0 atom stereocenters. The number of benzene rings is 4. The molecule has 0 unspecified atom stereocenters. The van der Waals surface area contributed by atoms with Gasteiger partial charge in [-0.15, -0.1) is 0 Å². The van der Waals surface area contributed by atoms with Gasteiger partial charge in [-0.05, 0) is 83.6 Å². The Bertz CT molecular complexity index is 1350. The average Bonchev–Trinajstić information content (AvgIpc) is 3.09. The highest BCUT2D eigenvalue weighted by molar-refractivity contribution is 6.20. The maximum atomic E-state index is 14.7. The van der Waals surface area contributed by atoms with Gasteiger partial charge in [0.25, 0.3) is 0 Å². The Labute approximate surface area is 280 Å². The van der Waals surface area contributed by atoms with Crippen molar-refractivity contribution in [2.24, 2.45) is 0 Å². The first-order chi connectivity index (χ1) is 23.1. The molecule has 4 aromatic rings. The SMILES string of the molecule is CCCCCCCCOc1ccc(-c2ccc(OBOc3ccc(-c4ccc(OCCCCCCCC)c(F)c4)cc3)cc2)cc1F. The molecule has 4 aromatic carbocycles. The third-order valence-corrected chi connectivity index (χ3v) is 8.20. The highest BCUT2D eigenvalue weighted by atomic mass is 19.1. The number of ether oxygens (including phenoxy) is 2. The predicted molar refractivity (Wildman–Crippen MR) is 190 cm³/mol. The molecule has 0 amide bonds. The molecule has 0 aliphatic carbocycles. The van der Waals surface area contributed by atoms with Crippen molar-refractivity contribution in [2.75, 3.05) is 13.2 Å². The van der Waals surface area contributed by atoms with Crippen LogP contribution >= 0.6 is 0 Å². The number of unbranched alkanes of at least 4 members (excludes halogenated alkanes) is 10. The van der Waals surface area contributed by atoms with Crippen LogP contribution in [0.5, 0.6) is 23.0 Å². The van der Waals surface area contributed by atoms with Crippen molar-refractivity contribution in [2.45, 2.75) is 90.9 Å². The minimum Gasteiger partial charge on any atom is -0.529 e. The van der Waals surface area contributed by atoms with Gasteiger partial charge in [0.05, 0.1) is 13.2 Å². The van der Waals surface area contributed by atoms with E-state index in [0.29, 0.717) is 36.2 Å². The van der Waals surface area contributed by atoms with E-state index in [9.17, 15) is 8.78 Å². The fourth-order valence-corrected chi connectivity index (χ4v) is 5.38. The number of rotatable bonds is 22. The molecule has 4 nitrogen and oxygen atoms in total. The Kier molecular flexibility index (Phi) is 15.5. The van der Waals surface area contributed by atoms with Gasteiger partial charge in [-0.25, -0.2) is 8.78 Å². The lowest BCUT2D eigenvalue weighted by Gasteiger charge is -2.11. The summed E-state index contributed by atoms with van der Waals surface area (Å²) in [5, 5.41) is 0. The van der Waals surface area contributed by atoms with E-state index in [2.05, 4.69) is 13.8 Å². The second-order valence-electron chi connectivity index (χ2n) is 12.0. The normalized spacial score (nSPS) is 10.9. The summed E-state index contributed by atoms with van der Waals surface area (Å²) in [7, 11) is 0.0250. The van der Waals surface area contributed by atoms with E-state index >= 15 is 0 Å². The van der Waals surface area contributed by atoms with Crippen molar-refractivity contribution < 1.29 is 27.6 Å². The predicted octanol–water partition coefficient (Wildman–Crippen LogP) is 11.5. The molecule has 0 bridgehead atoms. The monoisotopic (exact) mass is 642 g/mol. The van der Waals surface area contributed by atoms with Crippen molar-refractivity contribution in [3.8, 4) is 45.3 Å². The summed E-state index contributed by atoms with van der Waals surface area (Å²) in [5.74, 6) is 1.15. The Hall–Kier alpha value is -4.00. The molecule has 4 rings (SSSR count). The van der Waals surface area contributed by atoms with Gasteiger partial charge in [0, 0.05) is 0 Å². The summed E-state index contributed by atoms with van der Waals surface area (Å²) in [6.07, 6.45) is 14.0. The fourth-order valence-electron chi connectivity index (χ4n) is 5.38. The molecule has 250 valence electrons. The number of hydrogen-bond donors (Lipinski definition) is 0. The largest absolute Gasteiger partial charge is 0.576 e. The average molecular weight is 643 g/mol. The zero-order chi connectivity index (χ0) is 33.1. The molecule has 0 radical (unpaired) electrons. The van der Waals surface area contributed by atoms with Gasteiger partial charge in [0.15, 0.2) is 23.1 Å². The van der Waals surface area contributed by atoms with E-state index in [1.807, 2.05) is 60.7 Å². The summed E-state index contributed by atoms with van der Waals surface area (Å²) < 4.78 is 52.2. The summed E-state index contributed by atoms with van der Waals surface area (Å²) in [6, 6.07) is 25.0. The molecular weight excluding hydrogens is 593 g/mol. The van der Waals surface area contributed by atoms with Crippen LogP contribution in [0.4, 0.5) is 8.78 Å². The van der Waals surface area contributed by atoms with Gasteiger partial charge in [-0.3, -0.25) is 0 Å². The van der Waals surface area contributed by atoms with Crippen molar-refractivity contribution in [3.63, 3.8) is 0 Å². The summed E-state index contributed by atoms with van der Waals surface area (Å²) in [6.45, 7) is 5.47. The van der Waals surface area contributed by atoms with E-state index in [1.54, 1.807) is 12.1 Å². The molecule has 0 N–H and O–H groups in total. The van der Waals surface area contributed by atoms with E-state index < -0.39 is 0 Å². The standard InChI is InChI=1S/C40H49BF2O4/c1-3-5-7-9-11-13-27-44-39-25-19-33(29-37(39)42)31-15-21-35(22-16-31)46-41-47-36-23-17-32(18-24-36)34-20-26-40(38(43)30-34)45-28-14-12-10-8-6-4-2/h15-26,29-30,41H,3-14,27-28H2,1-2H3. The van der Waals surface area contributed by atoms with E-state index in [4.69, 9.17) is 18.8 Å². The summed E-state index contributed by atoms with van der Waals surface area (Å²) in [5.41, 5.74) is 3.30. The Morgan fingerprint density at radius 3 is 1.19 bits per heavy atom. The van der Waals surface area contributed by atoms with Crippen molar-refractivity contribution in [3.05, 3.63) is 96.6 Å². The summed E-state index contributed by atoms with van der Waals surface area (Å²) >= 11 is 0. The van der Waals surface area contributed by atoms with Gasteiger partial charge in [0.2, 0.25) is 0 Å². The quantitative estimate of drug-likeness (QED) is 0.0631. The van der Waals surface area contributed by atoms with Crippen molar-refractivity contribution in [1.82, 2.24) is 0 Å². The molecule has 0 saturated carbocycles. The van der Waals surface area contributed by atoms with Crippen LogP contribution in [0.25, 0.3) is 22.3 Å². The van der Waals surface area contributed by atoms with E-state index in [1.165, 1.54) is 63.5 Å². The van der Waals surface area contributed by atoms with Crippen molar-refractivity contribution >= 4 is 7.69 Å². The molecule has 0 aliphatic heterocycles. The van der Waals surface area contributed by atoms with Gasteiger partial charge >= 0.3 is 7.69 Å². The third-order valence-electron chi connectivity index (χ3n) is 8.20. The van der Waals surface area contributed by atoms with Crippen LogP contribution in [0, 0.1) is 11.6 Å². The maximum Gasteiger partial charge on any atom is 0.576 e. The van der Waals surface area contributed by atoms with Gasteiger partial charge in [0.1, 0.15) is 11.5 Å². The van der Waals surface area contributed by atoms with E-state index in [0.717, 1.165) is 47.9 Å². The number of halogens is 2. The molecule has 7 heteroatoms. The van der Waals surface area contributed by atoms with Crippen LogP contribution in [-0.2, 0) is 0 Å². The van der Waals surface area contributed by atoms with Crippen LogP contribution in [-0.4, -0.2) is 20.9 Å². The Balaban J connectivity index is 1.18. The first-order valence-corrected chi connectivity index (χ1v) is 17.4. The second-order valence-corrected chi connectivity index (χ2v) is 12.0. The molecule has 0 aromatic heterocycles. The zero-order valence-corrected chi connectivity index (χ0v) is 28.1. The van der Waals surface area contributed by atoms with Crippen molar-refractivity contribution in [1.29, 1.82) is 0 Å². The lowest BCUT2D eigenvalue weighted by molar-refractivity contribution is 0.290. The lowest BCUT2D eigenvalue weighted by atomic mass is 10.0. The van der Waals surface area contributed by atoms with Gasteiger partial charge < -0.3 is 18.8 Å². The molecule has 47 heavy (non-hydrogen) atoms. The second kappa shape index (κ2) is 20.3. The van der Waals surface area contributed by atoms with Crippen LogP contribution in [0.2, 0.25) is 0 Å². The molecule has 0 saturated heterocycles. The fraction of sp³-hybridized carbons (Fsp3) is 0.400. The molecular formula is C40H49BF2O4. The molecule has 0 fully saturated rings. The highest BCUT2D eigenvalue weighted by Gasteiger charge is 2.09. The smallest absolute Gasteiger partial charge is 0.529 e. The Morgan fingerprint density at radius 1 is 0.447 bits per heavy atom. The molecule has 0 spiro atoms. The lowest BCUT2D eigenvalue weighted by Crippen LogP contribution is -2.10. The zero-order valence-electron chi connectivity index (χ0n) is 28.1. The van der Waals surface area contributed by atoms with Gasteiger partial charge in [-0.2, -0.15) is 0 Å². The first kappa shape index (κ1) is 35.9. The minimum absolute atomic E-state index is 0.0250. The highest BCUT2D eigenvalue weighted by Crippen LogP contribution is 2.29. The summed E-state index contributed by atoms with van der Waals surface area (Å²) in [4.78, 5) is 0. The maximum absolute atomic E-state index is 14.7.